The van der Waals surface area contributed by atoms with Crippen molar-refractivity contribution in [3.63, 3.8) is 0 Å². The van der Waals surface area contributed by atoms with E-state index < -0.39 is 16.7 Å². The second kappa shape index (κ2) is 6.46. The first kappa shape index (κ1) is 15.4. The minimum absolute atomic E-state index is 0.0583. The highest BCUT2D eigenvalue weighted by atomic mass is 16.6. The number of rotatable bonds is 4. The fourth-order valence-corrected chi connectivity index (χ4v) is 1.48. The van der Waals surface area contributed by atoms with Gasteiger partial charge in [0.25, 0.3) is 11.6 Å². The molecule has 1 N–H and O–H groups in total. The number of likely N-dealkylation sites (N-methyl/N-ethyl adjacent to an activating group) is 1. The van der Waals surface area contributed by atoms with Crippen LogP contribution in [0.25, 0.3) is 6.08 Å². The normalized spacial score (nSPS) is 10.8. The second-order valence-corrected chi connectivity index (χ2v) is 4.29. The third kappa shape index (κ3) is 4.20. The van der Waals surface area contributed by atoms with Crippen LogP contribution in [-0.2, 0) is 9.59 Å². The van der Waals surface area contributed by atoms with Gasteiger partial charge in [-0.05, 0) is 11.6 Å². The van der Waals surface area contributed by atoms with Gasteiger partial charge in [-0.3, -0.25) is 19.7 Å². The van der Waals surface area contributed by atoms with E-state index in [4.69, 9.17) is 0 Å². The van der Waals surface area contributed by atoms with Crippen molar-refractivity contribution < 1.29 is 14.5 Å². The number of amides is 2. The predicted molar refractivity (Wildman–Crippen MR) is 73.6 cm³/mol. The summed E-state index contributed by atoms with van der Waals surface area (Å²) in [6, 6.07) is 5.79. The molecule has 0 bridgehead atoms. The average molecular weight is 277 g/mol. The molecule has 0 aliphatic carbocycles. The summed E-state index contributed by atoms with van der Waals surface area (Å²) in [6.45, 7) is 1.28. The summed E-state index contributed by atoms with van der Waals surface area (Å²) in [4.78, 5) is 34.5. The number of benzene rings is 1. The molecule has 1 aromatic carbocycles. The molecule has 106 valence electrons. The van der Waals surface area contributed by atoms with Gasteiger partial charge in [0.05, 0.1) is 4.92 Å². The lowest BCUT2D eigenvalue weighted by Crippen LogP contribution is -2.33. The second-order valence-electron chi connectivity index (χ2n) is 4.29. The van der Waals surface area contributed by atoms with E-state index in [1.54, 1.807) is 20.2 Å². The molecule has 7 heteroatoms. The van der Waals surface area contributed by atoms with Crippen LogP contribution in [0.4, 0.5) is 5.69 Å². The van der Waals surface area contributed by atoms with Crippen LogP contribution in [0.1, 0.15) is 12.5 Å². The highest BCUT2D eigenvalue weighted by Gasteiger charge is 2.14. The van der Waals surface area contributed by atoms with Gasteiger partial charge in [0.2, 0.25) is 5.91 Å². The first-order chi connectivity index (χ1) is 9.31. The predicted octanol–water partition coefficient (Wildman–Crippen LogP) is 1.16. The van der Waals surface area contributed by atoms with Crippen molar-refractivity contribution in [1.82, 2.24) is 10.2 Å². The Morgan fingerprint density at radius 1 is 1.35 bits per heavy atom. The van der Waals surface area contributed by atoms with E-state index >= 15 is 0 Å². The van der Waals surface area contributed by atoms with E-state index in [2.05, 4.69) is 5.32 Å². The Hall–Kier alpha value is -2.70. The van der Waals surface area contributed by atoms with Crippen LogP contribution < -0.4 is 5.32 Å². The first-order valence-corrected chi connectivity index (χ1v) is 5.76. The Morgan fingerprint density at radius 2 is 2.00 bits per heavy atom. The van der Waals surface area contributed by atoms with Crippen molar-refractivity contribution in [3.8, 4) is 0 Å². The molecule has 0 atom stereocenters. The zero-order valence-corrected chi connectivity index (χ0v) is 11.4. The number of carbonyl (C=O) groups is 2. The Bertz CT molecular complexity index is 579. The highest BCUT2D eigenvalue weighted by molar-refractivity contribution is 6.00. The monoisotopic (exact) mass is 277 g/mol. The first-order valence-electron chi connectivity index (χ1n) is 5.76. The van der Waals surface area contributed by atoms with E-state index in [-0.39, 0.29) is 11.4 Å². The van der Waals surface area contributed by atoms with E-state index in [9.17, 15) is 19.7 Å². The van der Waals surface area contributed by atoms with Gasteiger partial charge in [-0.15, -0.1) is 0 Å². The van der Waals surface area contributed by atoms with Crippen molar-refractivity contribution in [2.45, 2.75) is 6.92 Å². The molecule has 0 radical (unpaired) electrons. The molecule has 0 spiro atoms. The number of non-ortho nitro benzene ring substituents is 1. The smallest absolute Gasteiger partial charge is 0.270 e. The van der Waals surface area contributed by atoms with E-state index in [1.165, 1.54) is 36.1 Å². The van der Waals surface area contributed by atoms with Gasteiger partial charge in [0, 0.05) is 33.2 Å². The van der Waals surface area contributed by atoms with Crippen LogP contribution in [0.15, 0.2) is 30.0 Å². The van der Waals surface area contributed by atoms with Crippen LogP contribution in [0.3, 0.4) is 0 Å². The summed E-state index contributed by atoms with van der Waals surface area (Å²) >= 11 is 0. The lowest BCUT2D eigenvalue weighted by molar-refractivity contribution is -0.384. The van der Waals surface area contributed by atoms with Crippen LogP contribution in [-0.4, -0.2) is 35.7 Å². The molecule has 0 aromatic heterocycles. The van der Waals surface area contributed by atoms with Gasteiger partial charge in [-0.25, -0.2) is 0 Å². The van der Waals surface area contributed by atoms with Crippen LogP contribution >= 0.6 is 0 Å². The van der Waals surface area contributed by atoms with Crippen LogP contribution in [0.5, 0.6) is 0 Å². The fourth-order valence-electron chi connectivity index (χ4n) is 1.48. The average Bonchev–Trinajstić information content (AvgIpc) is 2.36. The molecule has 0 fully saturated rings. The molecular weight excluding hydrogens is 262 g/mol. The standard InChI is InChI=1S/C13H15N3O4/c1-9(17)14-12(13(18)15(2)3)8-10-5-4-6-11(7-10)16(19)20/h4-8H,1-3H3,(H,14,17)/b12-8-. The van der Waals surface area contributed by atoms with E-state index in [1.807, 2.05) is 0 Å². The number of nitrogens with zero attached hydrogens (tertiary/aromatic N) is 2. The zero-order valence-electron chi connectivity index (χ0n) is 11.4. The molecule has 0 saturated heterocycles. The zero-order chi connectivity index (χ0) is 15.3. The number of nitro benzene ring substituents is 1. The van der Waals surface area contributed by atoms with Gasteiger partial charge in [-0.2, -0.15) is 0 Å². The fraction of sp³-hybridized carbons (Fsp3) is 0.231. The van der Waals surface area contributed by atoms with Crippen molar-refractivity contribution in [2.24, 2.45) is 0 Å². The maximum atomic E-state index is 11.9. The Labute approximate surface area is 116 Å². The van der Waals surface area contributed by atoms with Gasteiger partial charge in [0.15, 0.2) is 0 Å². The van der Waals surface area contributed by atoms with Crippen molar-refractivity contribution in [3.05, 3.63) is 45.6 Å². The van der Waals surface area contributed by atoms with Crippen molar-refractivity contribution in [2.75, 3.05) is 14.1 Å². The third-order valence-corrected chi connectivity index (χ3v) is 2.34. The Balaban J connectivity index is 3.18. The SMILES string of the molecule is CC(=O)N/C(=C\c1cccc([N+](=O)[O-])c1)C(=O)N(C)C. The number of carbonyl (C=O) groups excluding carboxylic acids is 2. The highest BCUT2D eigenvalue weighted by Crippen LogP contribution is 2.15. The summed E-state index contributed by atoms with van der Waals surface area (Å²) < 4.78 is 0. The lowest BCUT2D eigenvalue weighted by atomic mass is 10.1. The molecule has 0 aliphatic heterocycles. The Morgan fingerprint density at radius 3 is 2.50 bits per heavy atom. The number of nitro groups is 1. The molecule has 0 heterocycles. The van der Waals surface area contributed by atoms with Crippen LogP contribution in [0.2, 0.25) is 0 Å². The maximum absolute atomic E-state index is 11.9. The molecule has 7 nitrogen and oxygen atoms in total. The number of hydrogen-bond acceptors (Lipinski definition) is 4. The number of hydrogen-bond donors (Lipinski definition) is 1. The Kier molecular flexibility index (Phi) is 4.96. The molecule has 1 aromatic rings. The maximum Gasteiger partial charge on any atom is 0.270 e. The summed E-state index contributed by atoms with van der Waals surface area (Å²) in [5.41, 5.74) is 0.430. The summed E-state index contributed by atoms with van der Waals surface area (Å²) in [5.74, 6) is -0.788. The van der Waals surface area contributed by atoms with Gasteiger partial charge in [0.1, 0.15) is 5.70 Å². The molecule has 0 aliphatic rings. The third-order valence-electron chi connectivity index (χ3n) is 2.34. The molecule has 0 unspecified atom stereocenters. The molecule has 2 amide bonds. The van der Waals surface area contributed by atoms with E-state index in [0.717, 1.165) is 0 Å². The topological polar surface area (TPSA) is 92.5 Å². The lowest BCUT2D eigenvalue weighted by Gasteiger charge is -2.13. The minimum Gasteiger partial charge on any atom is -0.344 e. The largest absolute Gasteiger partial charge is 0.344 e. The van der Waals surface area contributed by atoms with Crippen molar-refractivity contribution in [1.29, 1.82) is 0 Å². The molecule has 20 heavy (non-hydrogen) atoms. The summed E-state index contributed by atoms with van der Waals surface area (Å²) in [6.07, 6.45) is 1.40. The summed E-state index contributed by atoms with van der Waals surface area (Å²) in [7, 11) is 3.09. The quantitative estimate of drug-likeness (QED) is 0.507. The van der Waals surface area contributed by atoms with Gasteiger partial charge in [-0.1, -0.05) is 12.1 Å². The van der Waals surface area contributed by atoms with Crippen LogP contribution in [0, 0.1) is 10.1 Å². The van der Waals surface area contributed by atoms with E-state index in [0.29, 0.717) is 5.56 Å². The van der Waals surface area contributed by atoms with Gasteiger partial charge < -0.3 is 10.2 Å². The molecular formula is C13H15N3O4. The van der Waals surface area contributed by atoms with Crippen molar-refractivity contribution >= 4 is 23.6 Å². The molecule has 1 rings (SSSR count). The minimum atomic E-state index is -0.525. The van der Waals surface area contributed by atoms with Gasteiger partial charge >= 0.3 is 0 Å². The number of nitrogens with one attached hydrogen (secondary N) is 1. The summed E-state index contributed by atoms with van der Waals surface area (Å²) in [5, 5.41) is 13.1. The molecule has 0 saturated carbocycles.